The van der Waals surface area contributed by atoms with Crippen LogP contribution in [0.3, 0.4) is 0 Å². The number of carbonyl (C=O) groups excluding carboxylic acids is 1. The van der Waals surface area contributed by atoms with Crippen LogP contribution in [0.4, 0.5) is 5.00 Å². The van der Waals surface area contributed by atoms with Gasteiger partial charge in [-0.3, -0.25) is 4.79 Å². The number of ether oxygens (including phenoxy) is 2. The Morgan fingerprint density at radius 2 is 2.17 bits per heavy atom. The maximum absolute atomic E-state index is 11.4. The molecule has 0 bridgehead atoms. The Balaban J connectivity index is 2.44. The number of aromatic carboxylic acids is 1. The number of thiophene rings is 1. The van der Waals surface area contributed by atoms with Crippen LogP contribution in [0.1, 0.15) is 15.2 Å². The summed E-state index contributed by atoms with van der Waals surface area (Å²) >= 11 is 1.03. The van der Waals surface area contributed by atoms with Crippen LogP contribution in [0.25, 0.3) is 0 Å². The first kappa shape index (κ1) is 14.6. The number of nitrogens with one attached hydrogen (secondary N) is 1. The van der Waals surface area contributed by atoms with E-state index in [0.29, 0.717) is 23.8 Å². The summed E-state index contributed by atoms with van der Waals surface area (Å²) in [6, 6.07) is 1.63. The molecule has 7 heteroatoms. The van der Waals surface area contributed by atoms with E-state index in [1.165, 1.54) is 0 Å². The van der Waals surface area contributed by atoms with E-state index >= 15 is 0 Å². The molecule has 0 aliphatic rings. The Morgan fingerprint density at radius 3 is 2.72 bits per heavy atom. The molecule has 0 aliphatic heterocycles. The summed E-state index contributed by atoms with van der Waals surface area (Å²) in [6.45, 7) is 2.37. The molecule has 1 rings (SSSR count). The minimum Gasteiger partial charge on any atom is -0.477 e. The van der Waals surface area contributed by atoms with E-state index in [0.717, 1.165) is 11.3 Å². The van der Waals surface area contributed by atoms with E-state index in [-0.39, 0.29) is 17.4 Å². The van der Waals surface area contributed by atoms with Crippen molar-refractivity contribution in [2.75, 3.05) is 32.2 Å². The van der Waals surface area contributed by atoms with Crippen molar-refractivity contribution in [1.82, 2.24) is 0 Å². The topological polar surface area (TPSA) is 84.9 Å². The molecule has 0 aliphatic carbocycles. The molecule has 1 amide bonds. The highest BCUT2D eigenvalue weighted by atomic mass is 32.1. The summed E-state index contributed by atoms with van der Waals surface area (Å²) in [5.74, 6) is -1.31. The molecule has 18 heavy (non-hydrogen) atoms. The summed E-state index contributed by atoms with van der Waals surface area (Å²) in [5.41, 5.74) is 0.628. The molecule has 0 atom stereocenters. The molecule has 2 N–H and O–H groups in total. The summed E-state index contributed by atoms with van der Waals surface area (Å²) in [7, 11) is 1.55. The Labute approximate surface area is 109 Å². The fourth-order valence-electron chi connectivity index (χ4n) is 1.24. The van der Waals surface area contributed by atoms with E-state index in [1.54, 1.807) is 20.1 Å². The molecule has 100 valence electrons. The fraction of sp³-hybridized carbons (Fsp3) is 0.455. The first-order chi connectivity index (χ1) is 8.54. The van der Waals surface area contributed by atoms with Gasteiger partial charge < -0.3 is 19.9 Å². The maximum Gasteiger partial charge on any atom is 0.346 e. The maximum atomic E-state index is 11.4. The van der Waals surface area contributed by atoms with Gasteiger partial charge in [0, 0.05) is 7.11 Å². The lowest BCUT2D eigenvalue weighted by atomic mass is 10.3. The van der Waals surface area contributed by atoms with Gasteiger partial charge in [-0.25, -0.2) is 4.79 Å². The SMILES string of the molecule is COCCOCC(=O)Nc1cc(C)c(C(=O)O)s1. The van der Waals surface area contributed by atoms with Gasteiger partial charge in [-0.15, -0.1) is 11.3 Å². The molecule has 0 saturated carbocycles. The van der Waals surface area contributed by atoms with E-state index in [9.17, 15) is 9.59 Å². The smallest absolute Gasteiger partial charge is 0.346 e. The number of carboxylic acids is 1. The van der Waals surface area contributed by atoms with Gasteiger partial charge in [0.25, 0.3) is 5.91 Å². The molecule has 6 nitrogen and oxygen atoms in total. The summed E-state index contributed by atoms with van der Waals surface area (Å²) in [4.78, 5) is 22.5. The van der Waals surface area contributed by atoms with Gasteiger partial charge in [0.15, 0.2) is 0 Å². The van der Waals surface area contributed by atoms with Crippen LogP contribution in [0, 0.1) is 6.92 Å². The lowest BCUT2D eigenvalue weighted by molar-refractivity contribution is -0.121. The van der Waals surface area contributed by atoms with Gasteiger partial charge >= 0.3 is 5.97 Å². The zero-order chi connectivity index (χ0) is 13.5. The highest BCUT2D eigenvalue weighted by Crippen LogP contribution is 2.26. The first-order valence-corrected chi connectivity index (χ1v) is 6.06. The summed E-state index contributed by atoms with van der Waals surface area (Å²) in [6.07, 6.45) is 0. The molecule has 0 spiro atoms. The van der Waals surface area contributed by atoms with Crippen molar-refractivity contribution >= 4 is 28.2 Å². The average Bonchev–Trinajstić information content (AvgIpc) is 2.66. The van der Waals surface area contributed by atoms with E-state index in [4.69, 9.17) is 14.6 Å². The molecular formula is C11H15NO5S. The highest BCUT2D eigenvalue weighted by molar-refractivity contribution is 7.18. The largest absolute Gasteiger partial charge is 0.477 e. The van der Waals surface area contributed by atoms with Crippen LogP contribution in [0.2, 0.25) is 0 Å². The van der Waals surface area contributed by atoms with Gasteiger partial charge in [0.05, 0.1) is 18.2 Å². The quantitative estimate of drug-likeness (QED) is 0.733. The number of anilines is 1. The van der Waals surface area contributed by atoms with E-state index in [1.807, 2.05) is 0 Å². The molecule has 1 heterocycles. The van der Waals surface area contributed by atoms with E-state index < -0.39 is 5.97 Å². The number of amides is 1. The predicted molar refractivity (Wildman–Crippen MR) is 67.3 cm³/mol. The molecule has 1 aromatic rings. The fourth-order valence-corrected chi connectivity index (χ4v) is 2.16. The molecule has 1 aromatic heterocycles. The van der Waals surface area contributed by atoms with Crippen molar-refractivity contribution < 1.29 is 24.2 Å². The number of hydrogen-bond acceptors (Lipinski definition) is 5. The predicted octanol–water partition coefficient (Wildman–Crippen LogP) is 1.36. The lowest BCUT2D eigenvalue weighted by Gasteiger charge is -2.03. The number of methoxy groups -OCH3 is 1. The average molecular weight is 273 g/mol. The second kappa shape index (κ2) is 7.10. The van der Waals surface area contributed by atoms with Crippen molar-refractivity contribution in [3.63, 3.8) is 0 Å². The van der Waals surface area contributed by atoms with Gasteiger partial charge in [0.1, 0.15) is 11.5 Å². The minimum atomic E-state index is -0.991. The number of carboxylic acid groups (broad SMARTS) is 1. The summed E-state index contributed by atoms with van der Waals surface area (Å²) < 4.78 is 9.81. The molecular weight excluding hydrogens is 258 g/mol. The normalized spacial score (nSPS) is 10.3. The van der Waals surface area contributed by atoms with Gasteiger partial charge in [0.2, 0.25) is 0 Å². The zero-order valence-corrected chi connectivity index (χ0v) is 11.0. The third-order valence-corrected chi connectivity index (χ3v) is 3.18. The van der Waals surface area contributed by atoms with Crippen LogP contribution in [-0.4, -0.2) is 43.9 Å². The number of aryl methyl sites for hydroxylation is 1. The second-order valence-corrected chi connectivity index (χ2v) is 4.57. The van der Waals surface area contributed by atoms with Crippen LogP contribution in [0.5, 0.6) is 0 Å². The zero-order valence-electron chi connectivity index (χ0n) is 10.2. The molecule has 0 radical (unpaired) electrons. The molecule has 0 unspecified atom stereocenters. The van der Waals surface area contributed by atoms with Crippen LogP contribution < -0.4 is 5.32 Å². The minimum absolute atomic E-state index is 0.0806. The van der Waals surface area contributed by atoms with Gasteiger partial charge in [-0.2, -0.15) is 0 Å². The third-order valence-electron chi connectivity index (χ3n) is 2.04. The second-order valence-electron chi connectivity index (χ2n) is 3.52. The molecule has 0 aromatic carbocycles. The van der Waals surface area contributed by atoms with Crippen molar-refractivity contribution in [3.8, 4) is 0 Å². The van der Waals surface area contributed by atoms with Gasteiger partial charge in [-0.05, 0) is 18.6 Å². The first-order valence-electron chi connectivity index (χ1n) is 5.25. The van der Waals surface area contributed by atoms with Crippen molar-refractivity contribution in [3.05, 3.63) is 16.5 Å². The standard InChI is InChI=1S/C11H15NO5S/c1-7-5-9(18-10(7)11(14)15)12-8(13)6-17-4-3-16-2/h5H,3-4,6H2,1-2H3,(H,12,13)(H,14,15). The lowest BCUT2D eigenvalue weighted by Crippen LogP contribution is -2.19. The van der Waals surface area contributed by atoms with Crippen LogP contribution in [-0.2, 0) is 14.3 Å². The molecule has 0 saturated heterocycles. The number of carbonyl (C=O) groups is 2. The monoisotopic (exact) mass is 273 g/mol. The van der Waals surface area contributed by atoms with Crippen molar-refractivity contribution in [1.29, 1.82) is 0 Å². The Kier molecular flexibility index (Phi) is 5.76. The Hall–Kier alpha value is -1.44. The number of rotatable bonds is 7. The van der Waals surface area contributed by atoms with Crippen LogP contribution >= 0.6 is 11.3 Å². The summed E-state index contributed by atoms with van der Waals surface area (Å²) in [5, 5.41) is 12.0. The highest BCUT2D eigenvalue weighted by Gasteiger charge is 2.13. The third kappa shape index (κ3) is 4.44. The van der Waals surface area contributed by atoms with Gasteiger partial charge in [-0.1, -0.05) is 0 Å². The van der Waals surface area contributed by atoms with Crippen molar-refractivity contribution in [2.45, 2.75) is 6.92 Å². The van der Waals surface area contributed by atoms with Crippen LogP contribution in [0.15, 0.2) is 6.07 Å². The number of hydrogen-bond donors (Lipinski definition) is 2. The Morgan fingerprint density at radius 1 is 1.44 bits per heavy atom. The Bertz CT molecular complexity index is 429. The van der Waals surface area contributed by atoms with E-state index in [2.05, 4.69) is 5.32 Å². The van der Waals surface area contributed by atoms with Crippen molar-refractivity contribution in [2.24, 2.45) is 0 Å². The molecule has 0 fully saturated rings.